The Balaban J connectivity index is 2.00. The van der Waals surface area contributed by atoms with E-state index in [0.29, 0.717) is 36.1 Å². The Kier molecular flexibility index (Phi) is 4.56. The van der Waals surface area contributed by atoms with Crippen molar-refractivity contribution in [3.63, 3.8) is 0 Å². The van der Waals surface area contributed by atoms with Crippen LogP contribution in [0.3, 0.4) is 0 Å². The molecule has 7 nitrogen and oxygen atoms in total. The third kappa shape index (κ3) is 3.26. The predicted octanol–water partition coefficient (Wildman–Crippen LogP) is 2.20. The molecule has 8 heteroatoms. The van der Waals surface area contributed by atoms with Crippen molar-refractivity contribution in [3.05, 3.63) is 38.3 Å². The summed E-state index contributed by atoms with van der Waals surface area (Å²) < 4.78 is 0.445. The fourth-order valence-electron chi connectivity index (χ4n) is 2.26. The fraction of sp³-hybridized carbons (Fsp3) is 0.417. The number of nitro benzene ring substituents is 1. The topological polar surface area (TPSA) is 95.7 Å². The van der Waals surface area contributed by atoms with Crippen LogP contribution in [-0.4, -0.2) is 40.2 Å². The van der Waals surface area contributed by atoms with Crippen molar-refractivity contribution in [3.8, 4) is 0 Å². The first kappa shape index (κ1) is 14.7. The number of hydrogen-bond acceptors (Lipinski definition) is 4. The molecule has 0 aliphatic carbocycles. The van der Waals surface area contributed by atoms with Gasteiger partial charge in [0, 0.05) is 31.2 Å². The molecule has 1 unspecified atom stereocenters. The summed E-state index contributed by atoms with van der Waals surface area (Å²) in [7, 11) is 0. The summed E-state index contributed by atoms with van der Waals surface area (Å²) in [6.07, 6.45) is -0.212. The molecule has 1 aromatic rings. The number of rotatable bonds is 4. The Labute approximate surface area is 123 Å². The molecule has 1 saturated heterocycles. The van der Waals surface area contributed by atoms with Gasteiger partial charge in [-0.25, -0.2) is 4.79 Å². The predicted molar refractivity (Wildman–Crippen MR) is 75.6 cm³/mol. The standard InChI is InChI=1S/C12H14BrN3O4/c13-10-3-1-2-8(11(10)16(19)20)6-14-9-4-5-15(7-9)12(17)18/h1-3,9,14H,4-7H2,(H,17,18). The molecule has 1 aliphatic heterocycles. The SMILES string of the molecule is O=C(O)N1CCC(NCc2cccc(Br)c2[N+](=O)[O-])C1. The van der Waals surface area contributed by atoms with Crippen molar-refractivity contribution in [1.82, 2.24) is 10.2 Å². The van der Waals surface area contributed by atoms with Gasteiger partial charge in [0.2, 0.25) is 0 Å². The van der Waals surface area contributed by atoms with E-state index in [1.165, 1.54) is 4.90 Å². The second-order valence-electron chi connectivity index (χ2n) is 4.60. The molecular formula is C12H14BrN3O4. The van der Waals surface area contributed by atoms with Crippen molar-refractivity contribution in [2.75, 3.05) is 13.1 Å². The minimum Gasteiger partial charge on any atom is -0.465 e. The van der Waals surface area contributed by atoms with E-state index < -0.39 is 11.0 Å². The molecule has 1 heterocycles. The molecule has 2 N–H and O–H groups in total. The highest BCUT2D eigenvalue weighted by molar-refractivity contribution is 9.10. The highest BCUT2D eigenvalue weighted by atomic mass is 79.9. The number of likely N-dealkylation sites (tertiary alicyclic amines) is 1. The highest BCUT2D eigenvalue weighted by Gasteiger charge is 2.26. The van der Waals surface area contributed by atoms with E-state index in [9.17, 15) is 14.9 Å². The third-order valence-electron chi connectivity index (χ3n) is 3.29. The monoisotopic (exact) mass is 343 g/mol. The Morgan fingerprint density at radius 1 is 1.60 bits per heavy atom. The first-order valence-electron chi connectivity index (χ1n) is 6.12. The molecular weight excluding hydrogens is 330 g/mol. The zero-order valence-corrected chi connectivity index (χ0v) is 12.2. The van der Waals surface area contributed by atoms with E-state index in [-0.39, 0.29) is 11.7 Å². The molecule has 1 aliphatic rings. The van der Waals surface area contributed by atoms with Gasteiger partial charge in [0.15, 0.2) is 0 Å². The smallest absolute Gasteiger partial charge is 0.407 e. The lowest BCUT2D eigenvalue weighted by Gasteiger charge is -2.14. The quantitative estimate of drug-likeness (QED) is 0.645. The largest absolute Gasteiger partial charge is 0.465 e. The summed E-state index contributed by atoms with van der Waals surface area (Å²) >= 11 is 3.17. The number of halogens is 1. The van der Waals surface area contributed by atoms with Crippen LogP contribution in [0, 0.1) is 10.1 Å². The number of carbonyl (C=O) groups is 1. The van der Waals surface area contributed by atoms with E-state index in [1.807, 2.05) is 0 Å². The summed E-state index contributed by atoms with van der Waals surface area (Å²) in [5.41, 5.74) is 0.631. The molecule has 0 spiro atoms. The van der Waals surface area contributed by atoms with Gasteiger partial charge in [-0.15, -0.1) is 0 Å². The van der Waals surface area contributed by atoms with Crippen LogP contribution < -0.4 is 5.32 Å². The first-order valence-corrected chi connectivity index (χ1v) is 6.91. The van der Waals surface area contributed by atoms with Crippen LogP contribution in [0.15, 0.2) is 22.7 Å². The van der Waals surface area contributed by atoms with Crippen molar-refractivity contribution in [2.45, 2.75) is 19.0 Å². The number of amides is 1. The molecule has 0 saturated carbocycles. The van der Waals surface area contributed by atoms with E-state index in [4.69, 9.17) is 5.11 Å². The molecule has 1 fully saturated rings. The Morgan fingerprint density at radius 3 is 2.95 bits per heavy atom. The lowest BCUT2D eigenvalue weighted by Crippen LogP contribution is -2.34. The number of benzene rings is 1. The molecule has 1 amide bonds. The summed E-state index contributed by atoms with van der Waals surface area (Å²) in [5.74, 6) is 0. The Bertz CT molecular complexity index is 537. The average molecular weight is 344 g/mol. The van der Waals surface area contributed by atoms with Crippen LogP contribution in [0.25, 0.3) is 0 Å². The van der Waals surface area contributed by atoms with Crippen LogP contribution in [0.1, 0.15) is 12.0 Å². The van der Waals surface area contributed by atoms with Crippen LogP contribution >= 0.6 is 15.9 Å². The summed E-state index contributed by atoms with van der Waals surface area (Å²) in [4.78, 5) is 22.8. The molecule has 0 bridgehead atoms. The van der Waals surface area contributed by atoms with Crippen LogP contribution in [0.2, 0.25) is 0 Å². The fourth-order valence-corrected chi connectivity index (χ4v) is 2.81. The van der Waals surface area contributed by atoms with Crippen LogP contribution in [-0.2, 0) is 6.54 Å². The molecule has 108 valence electrons. The maximum absolute atomic E-state index is 11.0. The minimum absolute atomic E-state index is 0.0321. The lowest BCUT2D eigenvalue weighted by atomic mass is 10.1. The summed E-state index contributed by atoms with van der Waals surface area (Å²) in [6.45, 7) is 1.25. The van der Waals surface area contributed by atoms with E-state index in [0.717, 1.165) is 0 Å². The van der Waals surface area contributed by atoms with Crippen LogP contribution in [0.5, 0.6) is 0 Å². The average Bonchev–Trinajstić information content (AvgIpc) is 2.84. The lowest BCUT2D eigenvalue weighted by molar-refractivity contribution is -0.386. The number of para-hydroxylation sites is 1. The van der Waals surface area contributed by atoms with E-state index >= 15 is 0 Å². The Hall–Kier alpha value is -1.67. The second kappa shape index (κ2) is 6.19. The maximum Gasteiger partial charge on any atom is 0.407 e. The molecule has 0 aromatic heterocycles. The van der Waals surface area contributed by atoms with Gasteiger partial charge in [-0.1, -0.05) is 12.1 Å². The number of hydrogen-bond donors (Lipinski definition) is 2. The van der Waals surface area contributed by atoms with Gasteiger partial charge in [-0.05, 0) is 28.4 Å². The molecule has 1 aromatic carbocycles. The van der Waals surface area contributed by atoms with Gasteiger partial charge < -0.3 is 15.3 Å². The summed E-state index contributed by atoms with van der Waals surface area (Å²) in [5, 5.41) is 23.1. The minimum atomic E-state index is -0.928. The van der Waals surface area contributed by atoms with Crippen molar-refractivity contribution in [1.29, 1.82) is 0 Å². The van der Waals surface area contributed by atoms with Crippen molar-refractivity contribution < 1.29 is 14.8 Å². The maximum atomic E-state index is 11.0. The van der Waals surface area contributed by atoms with E-state index in [1.54, 1.807) is 18.2 Å². The van der Waals surface area contributed by atoms with Gasteiger partial charge in [0.25, 0.3) is 5.69 Å². The van der Waals surface area contributed by atoms with Gasteiger partial charge in [0.1, 0.15) is 0 Å². The number of carboxylic acid groups (broad SMARTS) is 1. The van der Waals surface area contributed by atoms with Crippen molar-refractivity contribution in [2.24, 2.45) is 0 Å². The molecule has 0 radical (unpaired) electrons. The van der Waals surface area contributed by atoms with Gasteiger partial charge in [-0.2, -0.15) is 0 Å². The number of nitrogens with one attached hydrogen (secondary N) is 1. The van der Waals surface area contributed by atoms with Crippen molar-refractivity contribution >= 4 is 27.7 Å². The second-order valence-corrected chi connectivity index (χ2v) is 5.45. The zero-order valence-electron chi connectivity index (χ0n) is 10.6. The van der Waals surface area contributed by atoms with Gasteiger partial charge in [-0.3, -0.25) is 10.1 Å². The van der Waals surface area contributed by atoms with Gasteiger partial charge in [0.05, 0.1) is 9.40 Å². The van der Waals surface area contributed by atoms with Crippen LogP contribution in [0.4, 0.5) is 10.5 Å². The highest BCUT2D eigenvalue weighted by Crippen LogP contribution is 2.28. The first-order chi connectivity index (χ1) is 9.49. The Morgan fingerprint density at radius 2 is 2.35 bits per heavy atom. The number of nitrogens with zero attached hydrogens (tertiary/aromatic N) is 2. The molecule has 2 rings (SSSR count). The summed E-state index contributed by atoms with van der Waals surface area (Å²) in [6, 6.07) is 5.10. The normalized spacial score (nSPS) is 18.2. The molecule has 1 atom stereocenters. The molecule has 20 heavy (non-hydrogen) atoms. The van der Waals surface area contributed by atoms with E-state index in [2.05, 4.69) is 21.2 Å². The number of nitro groups is 1. The van der Waals surface area contributed by atoms with Gasteiger partial charge >= 0.3 is 6.09 Å². The zero-order chi connectivity index (χ0) is 14.7. The third-order valence-corrected chi connectivity index (χ3v) is 3.93.